The zero-order valence-electron chi connectivity index (χ0n) is 12.5. The number of pyridine rings is 1. The molecule has 3 N–H and O–H groups in total. The summed E-state index contributed by atoms with van der Waals surface area (Å²) in [6, 6.07) is 8.02. The van der Waals surface area contributed by atoms with Crippen molar-refractivity contribution < 1.29 is 27.9 Å². The molecule has 0 saturated carbocycles. The molecule has 0 fully saturated rings. The standard InChI is InChI=1S/C14H12ClN3O6S/c15-10-7-9(4-5-12(10)24-8-13(19)20)25(22,23)18-17-14(21)11-3-1-2-6-16-11/h1-7,18H,8H2,(H,17,21)(H,19,20). The Morgan fingerprint density at radius 3 is 2.60 bits per heavy atom. The van der Waals surface area contributed by atoms with Crippen molar-refractivity contribution in [3.05, 3.63) is 53.3 Å². The molecule has 0 radical (unpaired) electrons. The molecule has 1 aromatic heterocycles. The number of halogens is 1. The Morgan fingerprint density at radius 2 is 2.00 bits per heavy atom. The normalized spacial score (nSPS) is 10.9. The fraction of sp³-hybridized carbons (Fsp3) is 0.0714. The number of ether oxygens (including phenoxy) is 1. The number of sulfonamides is 1. The number of aromatic nitrogens is 1. The van der Waals surface area contributed by atoms with Crippen LogP contribution < -0.4 is 15.0 Å². The van der Waals surface area contributed by atoms with Crippen molar-refractivity contribution in [1.82, 2.24) is 15.2 Å². The second-order valence-corrected chi connectivity index (χ2v) is 6.64. The SMILES string of the molecule is O=C(O)COc1ccc(S(=O)(=O)NNC(=O)c2ccccn2)cc1Cl. The first kappa shape index (κ1) is 18.6. The summed E-state index contributed by atoms with van der Waals surface area (Å²) in [4.78, 5) is 27.7. The van der Waals surface area contributed by atoms with Crippen molar-refractivity contribution in [2.45, 2.75) is 4.90 Å². The predicted octanol–water partition coefficient (Wildman–Crippen LogP) is 0.822. The molecule has 0 aliphatic carbocycles. The average Bonchev–Trinajstić information content (AvgIpc) is 2.59. The number of amides is 1. The summed E-state index contributed by atoms with van der Waals surface area (Å²) in [5.74, 6) is -1.93. The summed E-state index contributed by atoms with van der Waals surface area (Å²) in [5, 5.41) is 8.45. The zero-order chi connectivity index (χ0) is 18.4. The van der Waals surface area contributed by atoms with Gasteiger partial charge in [0.1, 0.15) is 11.4 Å². The van der Waals surface area contributed by atoms with Crippen LogP contribution in [0.3, 0.4) is 0 Å². The van der Waals surface area contributed by atoms with E-state index < -0.39 is 28.5 Å². The number of hydrogen-bond acceptors (Lipinski definition) is 6. The molecule has 11 heteroatoms. The minimum atomic E-state index is -4.10. The van der Waals surface area contributed by atoms with E-state index in [2.05, 4.69) is 4.98 Å². The Morgan fingerprint density at radius 1 is 1.24 bits per heavy atom. The summed E-state index contributed by atoms with van der Waals surface area (Å²) in [7, 11) is -4.10. The van der Waals surface area contributed by atoms with Crippen molar-refractivity contribution in [1.29, 1.82) is 0 Å². The minimum absolute atomic E-state index is 0.0144. The van der Waals surface area contributed by atoms with E-state index in [9.17, 15) is 18.0 Å². The average molecular weight is 386 g/mol. The molecule has 0 aliphatic rings. The number of carbonyl (C=O) groups is 2. The van der Waals surface area contributed by atoms with Crippen LogP contribution in [0.2, 0.25) is 5.02 Å². The van der Waals surface area contributed by atoms with Crippen molar-refractivity contribution in [2.75, 3.05) is 6.61 Å². The third kappa shape index (κ3) is 5.14. The highest BCUT2D eigenvalue weighted by Crippen LogP contribution is 2.27. The highest BCUT2D eigenvalue weighted by atomic mass is 35.5. The van der Waals surface area contributed by atoms with Crippen molar-refractivity contribution in [2.24, 2.45) is 0 Å². The van der Waals surface area contributed by atoms with Crippen LogP contribution in [-0.4, -0.2) is 37.0 Å². The first-order valence-corrected chi connectivity index (χ1v) is 8.53. The van der Waals surface area contributed by atoms with E-state index in [4.69, 9.17) is 21.4 Å². The van der Waals surface area contributed by atoms with Gasteiger partial charge >= 0.3 is 5.97 Å². The molecule has 0 saturated heterocycles. The molecule has 1 amide bonds. The maximum Gasteiger partial charge on any atom is 0.341 e. The van der Waals surface area contributed by atoms with Gasteiger partial charge in [-0.1, -0.05) is 17.7 Å². The number of benzene rings is 1. The molecule has 132 valence electrons. The van der Waals surface area contributed by atoms with Crippen LogP contribution in [0.15, 0.2) is 47.5 Å². The Balaban J connectivity index is 2.07. The second-order valence-electron chi connectivity index (χ2n) is 4.55. The molecular weight excluding hydrogens is 374 g/mol. The molecule has 25 heavy (non-hydrogen) atoms. The summed E-state index contributed by atoms with van der Waals surface area (Å²) < 4.78 is 29.2. The smallest absolute Gasteiger partial charge is 0.341 e. The molecule has 2 aromatic rings. The van der Waals surface area contributed by atoms with Gasteiger partial charge in [-0.05, 0) is 30.3 Å². The monoisotopic (exact) mass is 385 g/mol. The number of nitrogens with zero attached hydrogens (tertiary/aromatic N) is 1. The van der Waals surface area contributed by atoms with Gasteiger partial charge in [0, 0.05) is 6.20 Å². The Hall–Kier alpha value is -2.69. The molecule has 2 rings (SSSR count). The summed E-state index contributed by atoms with van der Waals surface area (Å²) in [5.41, 5.74) is 2.05. The Labute approximate surface area is 147 Å². The van der Waals surface area contributed by atoms with Gasteiger partial charge < -0.3 is 9.84 Å². The number of carboxylic acid groups (broad SMARTS) is 1. The predicted molar refractivity (Wildman–Crippen MR) is 86.6 cm³/mol. The van der Waals surface area contributed by atoms with Gasteiger partial charge in [0.15, 0.2) is 6.61 Å². The number of aliphatic carboxylic acids is 1. The highest BCUT2D eigenvalue weighted by Gasteiger charge is 2.18. The number of carboxylic acids is 1. The molecule has 0 aliphatic heterocycles. The minimum Gasteiger partial charge on any atom is -0.480 e. The molecule has 1 aromatic carbocycles. The first-order valence-electron chi connectivity index (χ1n) is 6.67. The van der Waals surface area contributed by atoms with E-state index in [-0.39, 0.29) is 21.4 Å². The number of carbonyl (C=O) groups excluding carboxylic acids is 1. The van der Waals surface area contributed by atoms with Crippen LogP contribution in [0.25, 0.3) is 0 Å². The van der Waals surface area contributed by atoms with E-state index in [0.29, 0.717) is 0 Å². The van der Waals surface area contributed by atoms with Gasteiger partial charge in [-0.15, -0.1) is 4.83 Å². The molecule has 0 bridgehead atoms. The van der Waals surface area contributed by atoms with Crippen molar-refractivity contribution in [3.63, 3.8) is 0 Å². The van der Waals surface area contributed by atoms with E-state index in [1.807, 2.05) is 10.3 Å². The van der Waals surface area contributed by atoms with Gasteiger partial charge in [-0.2, -0.15) is 0 Å². The fourth-order valence-electron chi connectivity index (χ4n) is 1.64. The van der Waals surface area contributed by atoms with Crippen LogP contribution in [0.4, 0.5) is 0 Å². The van der Waals surface area contributed by atoms with Gasteiger partial charge in [0.2, 0.25) is 0 Å². The third-order valence-corrected chi connectivity index (χ3v) is 4.30. The molecule has 0 spiro atoms. The summed E-state index contributed by atoms with van der Waals surface area (Å²) in [6.07, 6.45) is 1.39. The van der Waals surface area contributed by atoms with Crippen LogP contribution in [0.1, 0.15) is 10.5 Å². The molecular formula is C14H12ClN3O6S. The van der Waals surface area contributed by atoms with Crippen LogP contribution in [0, 0.1) is 0 Å². The Bertz CT molecular complexity index is 889. The zero-order valence-corrected chi connectivity index (χ0v) is 14.0. The first-order chi connectivity index (χ1) is 11.8. The molecule has 9 nitrogen and oxygen atoms in total. The number of rotatable bonds is 7. The maximum absolute atomic E-state index is 12.2. The van der Waals surface area contributed by atoms with Crippen LogP contribution in [-0.2, 0) is 14.8 Å². The van der Waals surface area contributed by atoms with E-state index in [0.717, 1.165) is 12.1 Å². The van der Waals surface area contributed by atoms with E-state index in [1.54, 1.807) is 12.1 Å². The van der Waals surface area contributed by atoms with Crippen molar-refractivity contribution >= 4 is 33.5 Å². The number of nitrogens with one attached hydrogen (secondary N) is 2. The quantitative estimate of drug-likeness (QED) is 0.600. The maximum atomic E-state index is 12.2. The molecule has 1 heterocycles. The highest BCUT2D eigenvalue weighted by molar-refractivity contribution is 7.89. The number of hydrogen-bond donors (Lipinski definition) is 3. The van der Waals surface area contributed by atoms with Crippen molar-refractivity contribution in [3.8, 4) is 5.75 Å². The summed E-state index contributed by atoms with van der Waals surface area (Å²) in [6.45, 7) is -0.621. The van der Waals surface area contributed by atoms with Crippen LogP contribution >= 0.6 is 11.6 Å². The topological polar surface area (TPSA) is 135 Å². The molecule has 0 unspecified atom stereocenters. The van der Waals surface area contributed by atoms with Crippen LogP contribution in [0.5, 0.6) is 5.75 Å². The Kier molecular flexibility index (Phi) is 5.91. The lowest BCUT2D eigenvalue weighted by Crippen LogP contribution is -2.41. The van der Waals surface area contributed by atoms with Gasteiger partial charge in [-0.3, -0.25) is 15.2 Å². The van der Waals surface area contributed by atoms with Gasteiger partial charge in [0.05, 0.1) is 9.92 Å². The second kappa shape index (κ2) is 7.92. The number of hydrazine groups is 1. The largest absolute Gasteiger partial charge is 0.480 e. The van der Waals surface area contributed by atoms with E-state index >= 15 is 0 Å². The lowest BCUT2D eigenvalue weighted by atomic mass is 10.3. The van der Waals surface area contributed by atoms with Gasteiger partial charge in [0.25, 0.3) is 15.9 Å². The summed E-state index contributed by atoms with van der Waals surface area (Å²) >= 11 is 5.87. The lowest BCUT2D eigenvalue weighted by Gasteiger charge is -2.10. The third-order valence-electron chi connectivity index (χ3n) is 2.76. The molecule has 0 atom stereocenters. The lowest BCUT2D eigenvalue weighted by molar-refractivity contribution is -0.139. The fourth-order valence-corrected chi connectivity index (χ4v) is 2.80. The van der Waals surface area contributed by atoms with Gasteiger partial charge in [-0.25, -0.2) is 13.2 Å². The van der Waals surface area contributed by atoms with E-state index in [1.165, 1.54) is 18.3 Å².